The number of piperazine rings is 1. The summed E-state index contributed by atoms with van der Waals surface area (Å²) in [5.41, 5.74) is 0.972. The van der Waals surface area contributed by atoms with Crippen molar-refractivity contribution in [3.05, 3.63) is 42.0 Å². The lowest BCUT2D eigenvalue weighted by Crippen LogP contribution is -2.49. The molecule has 0 atom stereocenters. The van der Waals surface area contributed by atoms with E-state index in [9.17, 15) is 4.79 Å². The van der Waals surface area contributed by atoms with Gasteiger partial charge < -0.3 is 14.5 Å². The van der Waals surface area contributed by atoms with E-state index in [1.54, 1.807) is 0 Å². The Morgan fingerprint density at radius 1 is 0.933 bits per heavy atom. The maximum absolute atomic E-state index is 12.5. The molecule has 0 radical (unpaired) electrons. The first-order valence-electron chi connectivity index (χ1n) is 11.5. The Labute approximate surface area is 181 Å². The van der Waals surface area contributed by atoms with E-state index in [-0.39, 0.29) is 11.7 Å². The molecular formula is C24H36N4O2. The van der Waals surface area contributed by atoms with E-state index in [2.05, 4.69) is 58.0 Å². The van der Waals surface area contributed by atoms with Crippen LogP contribution in [0.3, 0.4) is 0 Å². The minimum atomic E-state index is -0.266. The molecule has 0 saturated carbocycles. The summed E-state index contributed by atoms with van der Waals surface area (Å²) >= 11 is 0. The molecule has 1 amide bonds. The first kappa shape index (κ1) is 21.3. The van der Waals surface area contributed by atoms with E-state index >= 15 is 0 Å². The number of rotatable bonds is 7. The van der Waals surface area contributed by atoms with Crippen LogP contribution >= 0.6 is 0 Å². The van der Waals surface area contributed by atoms with E-state index in [1.165, 1.54) is 5.56 Å². The molecule has 164 valence electrons. The zero-order chi connectivity index (χ0) is 20.8. The fourth-order valence-corrected chi connectivity index (χ4v) is 4.76. The zero-order valence-electron chi connectivity index (χ0n) is 18.3. The van der Waals surface area contributed by atoms with Gasteiger partial charge in [-0.3, -0.25) is 9.80 Å². The lowest BCUT2D eigenvalue weighted by Gasteiger charge is -2.37. The molecule has 0 unspecified atom stereocenters. The molecule has 3 saturated heterocycles. The van der Waals surface area contributed by atoms with E-state index in [4.69, 9.17) is 4.74 Å². The van der Waals surface area contributed by atoms with Gasteiger partial charge in [-0.1, -0.05) is 49.4 Å². The summed E-state index contributed by atoms with van der Waals surface area (Å²) in [4.78, 5) is 21.8. The van der Waals surface area contributed by atoms with Gasteiger partial charge in [-0.15, -0.1) is 0 Å². The Balaban J connectivity index is 1.19. The number of piperidine rings is 1. The van der Waals surface area contributed by atoms with Gasteiger partial charge in [0.2, 0.25) is 0 Å². The zero-order valence-corrected chi connectivity index (χ0v) is 18.3. The summed E-state index contributed by atoms with van der Waals surface area (Å²) < 4.78 is 5.91. The van der Waals surface area contributed by atoms with Gasteiger partial charge in [0.15, 0.2) is 0 Å². The molecule has 0 aliphatic carbocycles. The van der Waals surface area contributed by atoms with Gasteiger partial charge in [0, 0.05) is 71.7 Å². The Morgan fingerprint density at radius 3 is 2.33 bits per heavy atom. The molecule has 1 spiro atoms. The van der Waals surface area contributed by atoms with Crippen molar-refractivity contribution in [2.45, 2.75) is 25.4 Å². The molecule has 4 rings (SSSR count). The largest absolute Gasteiger partial charge is 0.441 e. The van der Waals surface area contributed by atoms with Crippen molar-refractivity contribution in [2.75, 3.05) is 72.0 Å². The molecule has 3 heterocycles. The van der Waals surface area contributed by atoms with Crippen molar-refractivity contribution in [3.8, 4) is 0 Å². The van der Waals surface area contributed by atoms with Gasteiger partial charge in [-0.05, 0) is 12.1 Å². The number of ether oxygens (including phenoxy) is 1. The Kier molecular flexibility index (Phi) is 7.08. The minimum Gasteiger partial charge on any atom is -0.441 e. The molecule has 30 heavy (non-hydrogen) atoms. The highest BCUT2D eigenvalue weighted by atomic mass is 16.6. The van der Waals surface area contributed by atoms with Crippen LogP contribution in [0, 0.1) is 0 Å². The maximum Gasteiger partial charge on any atom is 0.410 e. The number of carbonyl (C=O) groups is 1. The lowest BCUT2D eigenvalue weighted by molar-refractivity contribution is 0.00338. The van der Waals surface area contributed by atoms with Crippen molar-refractivity contribution in [3.63, 3.8) is 0 Å². The van der Waals surface area contributed by atoms with Gasteiger partial charge in [0.05, 0.1) is 6.54 Å². The van der Waals surface area contributed by atoms with Gasteiger partial charge in [-0.2, -0.15) is 0 Å². The first-order valence-corrected chi connectivity index (χ1v) is 11.5. The molecule has 1 aromatic carbocycles. The SMILES string of the molecule is CCN1CCN(CCN2CC3(CCN(C/C=C/c4ccccc4)CC3)OC2=O)CC1. The Bertz CT molecular complexity index is 707. The highest BCUT2D eigenvalue weighted by molar-refractivity contribution is 5.70. The molecule has 1 aromatic rings. The maximum atomic E-state index is 12.5. The predicted octanol–water partition coefficient (Wildman–Crippen LogP) is 2.62. The first-order chi connectivity index (χ1) is 14.7. The second-order valence-electron chi connectivity index (χ2n) is 8.86. The van der Waals surface area contributed by atoms with E-state index in [0.717, 1.165) is 84.8 Å². The smallest absolute Gasteiger partial charge is 0.410 e. The summed E-state index contributed by atoms with van der Waals surface area (Å²) in [6.07, 6.45) is 6.17. The third-order valence-electron chi connectivity index (χ3n) is 6.88. The lowest BCUT2D eigenvalue weighted by atomic mass is 9.91. The van der Waals surface area contributed by atoms with E-state index in [1.807, 2.05) is 11.0 Å². The van der Waals surface area contributed by atoms with Crippen LogP contribution in [-0.2, 0) is 4.74 Å². The number of hydrogen-bond acceptors (Lipinski definition) is 5. The Morgan fingerprint density at radius 2 is 1.63 bits per heavy atom. The summed E-state index contributed by atoms with van der Waals surface area (Å²) in [6, 6.07) is 10.4. The second kappa shape index (κ2) is 9.94. The van der Waals surface area contributed by atoms with Gasteiger partial charge in [-0.25, -0.2) is 4.79 Å². The molecule has 3 aliphatic heterocycles. The molecule has 0 bridgehead atoms. The normalized spacial score (nSPS) is 23.5. The molecule has 0 aromatic heterocycles. The van der Waals surface area contributed by atoms with Crippen LogP contribution < -0.4 is 0 Å². The van der Waals surface area contributed by atoms with Gasteiger partial charge >= 0.3 is 6.09 Å². The molecule has 3 aliphatic rings. The number of likely N-dealkylation sites (N-methyl/N-ethyl adjacent to an activating group) is 1. The van der Waals surface area contributed by atoms with Crippen LogP contribution in [0.4, 0.5) is 4.79 Å². The quantitative estimate of drug-likeness (QED) is 0.689. The predicted molar refractivity (Wildman–Crippen MR) is 120 cm³/mol. The number of likely N-dealkylation sites (tertiary alicyclic amines) is 1. The third-order valence-corrected chi connectivity index (χ3v) is 6.88. The molecule has 3 fully saturated rings. The summed E-state index contributed by atoms with van der Waals surface area (Å²) in [5.74, 6) is 0. The number of amides is 1. The summed E-state index contributed by atoms with van der Waals surface area (Å²) in [7, 11) is 0. The monoisotopic (exact) mass is 412 g/mol. The van der Waals surface area contributed by atoms with Crippen LogP contribution in [0.2, 0.25) is 0 Å². The summed E-state index contributed by atoms with van der Waals surface area (Å²) in [5, 5.41) is 0. The average molecular weight is 413 g/mol. The van der Waals surface area contributed by atoms with Crippen molar-refractivity contribution in [2.24, 2.45) is 0 Å². The average Bonchev–Trinajstić information content (AvgIpc) is 3.09. The molecular weight excluding hydrogens is 376 g/mol. The van der Waals surface area contributed by atoms with Crippen LogP contribution in [0.1, 0.15) is 25.3 Å². The number of carbonyl (C=O) groups excluding carboxylic acids is 1. The van der Waals surface area contributed by atoms with Crippen LogP contribution in [-0.4, -0.2) is 103 Å². The topological polar surface area (TPSA) is 39.3 Å². The highest BCUT2D eigenvalue weighted by Crippen LogP contribution is 2.33. The van der Waals surface area contributed by atoms with Crippen molar-refractivity contribution >= 4 is 12.2 Å². The van der Waals surface area contributed by atoms with Gasteiger partial charge in [0.25, 0.3) is 0 Å². The van der Waals surface area contributed by atoms with E-state index < -0.39 is 0 Å². The number of nitrogens with zero attached hydrogens (tertiary/aromatic N) is 4. The molecule has 6 nitrogen and oxygen atoms in total. The third kappa shape index (κ3) is 5.42. The minimum absolute atomic E-state index is 0.111. The van der Waals surface area contributed by atoms with Crippen molar-refractivity contribution < 1.29 is 9.53 Å². The number of benzene rings is 1. The van der Waals surface area contributed by atoms with E-state index in [0.29, 0.717) is 0 Å². The van der Waals surface area contributed by atoms with Gasteiger partial charge in [0.1, 0.15) is 5.60 Å². The fourth-order valence-electron chi connectivity index (χ4n) is 4.76. The highest BCUT2D eigenvalue weighted by Gasteiger charge is 2.46. The fraction of sp³-hybridized carbons (Fsp3) is 0.625. The van der Waals surface area contributed by atoms with Crippen molar-refractivity contribution in [1.29, 1.82) is 0 Å². The second-order valence-corrected chi connectivity index (χ2v) is 8.86. The molecule has 0 N–H and O–H groups in total. The Hall–Kier alpha value is -1.89. The van der Waals surface area contributed by atoms with Crippen LogP contribution in [0.15, 0.2) is 36.4 Å². The summed E-state index contributed by atoms with van der Waals surface area (Å²) in [6.45, 7) is 13.3. The number of hydrogen-bond donors (Lipinski definition) is 0. The van der Waals surface area contributed by atoms with Crippen molar-refractivity contribution in [1.82, 2.24) is 19.6 Å². The molecule has 6 heteroatoms. The standard InChI is InChI=1S/C24H36N4O2/c1-2-25-15-17-27(18-16-25)19-20-28-21-24(30-23(28)29)10-13-26(14-11-24)12-6-9-22-7-4-3-5-8-22/h3-9H,2,10-21H2,1H3/b9-6+. The van der Waals surface area contributed by atoms with Crippen LogP contribution in [0.5, 0.6) is 0 Å². The van der Waals surface area contributed by atoms with Crippen LogP contribution in [0.25, 0.3) is 6.08 Å².